The molecule has 0 fully saturated rings. The summed E-state index contributed by atoms with van der Waals surface area (Å²) in [6.07, 6.45) is 3.62. The molecule has 0 aliphatic rings. The van der Waals surface area contributed by atoms with Gasteiger partial charge in [-0.1, -0.05) is 44.5 Å². The van der Waals surface area contributed by atoms with Gasteiger partial charge in [-0.2, -0.15) is 0 Å². The predicted octanol–water partition coefficient (Wildman–Crippen LogP) is 4.82. The minimum atomic E-state index is 0.467. The van der Waals surface area contributed by atoms with Crippen LogP contribution in [0.3, 0.4) is 0 Å². The quantitative estimate of drug-likeness (QED) is 0.735. The van der Waals surface area contributed by atoms with Crippen molar-refractivity contribution in [3.63, 3.8) is 0 Å². The Labute approximate surface area is 111 Å². The minimum absolute atomic E-state index is 0.467. The number of hydrogen-bond acceptors (Lipinski definition) is 1. The van der Waals surface area contributed by atoms with Gasteiger partial charge in [0.05, 0.1) is 0 Å². The largest absolute Gasteiger partial charge is 0.310 e. The van der Waals surface area contributed by atoms with E-state index in [0.717, 1.165) is 17.5 Å². The zero-order chi connectivity index (χ0) is 12.7. The number of nitrogens with one attached hydrogen (secondary N) is 1. The molecule has 0 bridgehead atoms. The standard InChI is InChI=1S/C15H24ClN/c1-4-11-17-15(10-5-12(2)3)13-6-8-14(16)9-7-13/h6-9,12,15,17H,4-5,10-11H2,1-3H3. The zero-order valence-electron chi connectivity index (χ0n) is 11.2. The zero-order valence-corrected chi connectivity index (χ0v) is 11.9. The Morgan fingerprint density at radius 2 is 1.76 bits per heavy atom. The van der Waals surface area contributed by atoms with Crippen molar-refractivity contribution in [2.45, 2.75) is 46.1 Å². The van der Waals surface area contributed by atoms with Crippen molar-refractivity contribution in [3.05, 3.63) is 34.9 Å². The first-order valence-electron chi connectivity index (χ1n) is 6.62. The lowest BCUT2D eigenvalue weighted by Crippen LogP contribution is -2.22. The van der Waals surface area contributed by atoms with E-state index in [2.05, 4.69) is 38.2 Å². The molecule has 0 radical (unpaired) electrons. The molecular weight excluding hydrogens is 230 g/mol. The van der Waals surface area contributed by atoms with E-state index in [4.69, 9.17) is 11.6 Å². The molecule has 1 aromatic carbocycles. The van der Waals surface area contributed by atoms with Crippen LogP contribution in [0.15, 0.2) is 24.3 Å². The fourth-order valence-corrected chi connectivity index (χ4v) is 2.03. The smallest absolute Gasteiger partial charge is 0.0406 e. The van der Waals surface area contributed by atoms with Gasteiger partial charge in [0, 0.05) is 11.1 Å². The minimum Gasteiger partial charge on any atom is -0.310 e. The van der Waals surface area contributed by atoms with E-state index in [0.29, 0.717) is 6.04 Å². The molecule has 1 rings (SSSR count). The maximum absolute atomic E-state index is 5.93. The Morgan fingerprint density at radius 3 is 2.29 bits per heavy atom. The van der Waals surface area contributed by atoms with Crippen LogP contribution in [0.25, 0.3) is 0 Å². The lowest BCUT2D eigenvalue weighted by atomic mass is 9.97. The molecule has 1 nitrogen and oxygen atoms in total. The summed E-state index contributed by atoms with van der Waals surface area (Å²) in [7, 11) is 0. The summed E-state index contributed by atoms with van der Waals surface area (Å²) in [6.45, 7) is 7.83. The Hall–Kier alpha value is -0.530. The summed E-state index contributed by atoms with van der Waals surface area (Å²) in [6, 6.07) is 8.70. The Bertz CT molecular complexity index is 305. The van der Waals surface area contributed by atoms with Crippen LogP contribution in [0.5, 0.6) is 0 Å². The highest BCUT2D eigenvalue weighted by atomic mass is 35.5. The fraction of sp³-hybridized carbons (Fsp3) is 0.600. The topological polar surface area (TPSA) is 12.0 Å². The van der Waals surface area contributed by atoms with Crippen LogP contribution in [0, 0.1) is 5.92 Å². The molecule has 1 unspecified atom stereocenters. The first-order valence-corrected chi connectivity index (χ1v) is 7.00. The van der Waals surface area contributed by atoms with Gasteiger partial charge in [0.2, 0.25) is 0 Å². The molecule has 1 atom stereocenters. The molecule has 0 aliphatic heterocycles. The van der Waals surface area contributed by atoms with Crippen LogP contribution in [0.2, 0.25) is 5.02 Å². The summed E-state index contributed by atoms with van der Waals surface area (Å²) >= 11 is 5.93. The number of hydrogen-bond donors (Lipinski definition) is 1. The lowest BCUT2D eigenvalue weighted by molar-refractivity contribution is 0.441. The Kier molecular flexibility index (Phi) is 6.61. The van der Waals surface area contributed by atoms with Crippen LogP contribution in [0.1, 0.15) is 51.6 Å². The maximum Gasteiger partial charge on any atom is 0.0406 e. The van der Waals surface area contributed by atoms with E-state index in [1.54, 1.807) is 0 Å². The lowest BCUT2D eigenvalue weighted by Gasteiger charge is -2.20. The SMILES string of the molecule is CCCNC(CCC(C)C)c1ccc(Cl)cc1. The van der Waals surface area contributed by atoms with Crippen molar-refractivity contribution in [3.8, 4) is 0 Å². The van der Waals surface area contributed by atoms with E-state index >= 15 is 0 Å². The van der Waals surface area contributed by atoms with Crippen LogP contribution in [-0.4, -0.2) is 6.54 Å². The molecule has 0 aromatic heterocycles. The van der Waals surface area contributed by atoms with E-state index in [1.807, 2.05) is 12.1 Å². The highest BCUT2D eigenvalue weighted by Gasteiger charge is 2.11. The second-order valence-corrected chi connectivity index (χ2v) is 5.47. The first-order chi connectivity index (χ1) is 8.13. The molecular formula is C15H24ClN. The molecule has 17 heavy (non-hydrogen) atoms. The van der Waals surface area contributed by atoms with Crippen molar-refractivity contribution in [2.24, 2.45) is 5.92 Å². The molecule has 0 spiro atoms. The van der Waals surface area contributed by atoms with E-state index in [-0.39, 0.29) is 0 Å². The second kappa shape index (κ2) is 7.73. The Balaban J connectivity index is 2.63. The average molecular weight is 254 g/mol. The van der Waals surface area contributed by atoms with Gasteiger partial charge < -0.3 is 5.32 Å². The summed E-state index contributed by atoms with van der Waals surface area (Å²) in [5, 5.41) is 4.43. The Morgan fingerprint density at radius 1 is 1.12 bits per heavy atom. The van der Waals surface area contributed by atoms with E-state index in [1.165, 1.54) is 24.8 Å². The summed E-state index contributed by atoms with van der Waals surface area (Å²) in [4.78, 5) is 0. The molecule has 2 heteroatoms. The van der Waals surface area contributed by atoms with Gasteiger partial charge in [-0.05, 0) is 49.4 Å². The molecule has 1 N–H and O–H groups in total. The van der Waals surface area contributed by atoms with Crippen LogP contribution in [-0.2, 0) is 0 Å². The fourth-order valence-electron chi connectivity index (χ4n) is 1.90. The normalized spacial score (nSPS) is 13.0. The van der Waals surface area contributed by atoms with Crippen LogP contribution < -0.4 is 5.32 Å². The van der Waals surface area contributed by atoms with Crippen molar-refractivity contribution in [1.29, 1.82) is 0 Å². The number of halogens is 1. The maximum atomic E-state index is 5.93. The summed E-state index contributed by atoms with van der Waals surface area (Å²) in [5.41, 5.74) is 1.35. The third-order valence-electron chi connectivity index (χ3n) is 2.95. The predicted molar refractivity (Wildman–Crippen MR) is 76.6 cm³/mol. The van der Waals surface area contributed by atoms with Gasteiger partial charge in [0.15, 0.2) is 0 Å². The van der Waals surface area contributed by atoms with Crippen molar-refractivity contribution >= 4 is 11.6 Å². The molecule has 0 aliphatic carbocycles. The molecule has 96 valence electrons. The monoisotopic (exact) mass is 253 g/mol. The van der Waals surface area contributed by atoms with Gasteiger partial charge in [-0.3, -0.25) is 0 Å². The van der Waals surface area contributed by atoms with Crippen molar-refractivity contribution in [1.82, 2.24) is 5.32 Å². The molecule has 1 aromatic rings. The van der Waals surface area contributed by atoms with Crippen LogP contribution in [0.4, 0.5) is 0 Å². The molecule has 0 heterocycles. The molecule has 0 amide bonds. The van der Waals surface area contributed by atoms with Gasteiger partial charge in [-0.15, -0.1) is 0 Å². The number of rotatable bonds is 7. The average Bonchev–Trinajstić information content (AvgIpc) is 2.30. The second-order valence-electron chi connectivity index (χ2n) is 5.03. The highest BCUT2D eigenvalue weighted by molar-refractivity contribution is 6.30. The highest BCUT2D eigenvalue weighted by Crippen LogP contribution is 2.22. The third kappa shape index (κ3) is 5.56. The molecule has 0 saturated heterocycles. The van der Waals surface area contributed by atoms with Crippen molar-refractivity contribution in [2.75, 3.05) is 6.54 Å². The molecule has 0 saturated carbocycles. The first kappa shape index (κ1) is 14.5. The van der Waals surface area contributed by atoms with Crippen molar-refractivity contribution < 1.29 is 0 Å². The van der Waals surface area contributed by atoms with Gasteiger partial charge in [-0.25, -0.2) is 0 Å². The summed E-state index contributed by atoms with van der Waals surface area (Å²) < 4.78 is 0. The van der Waals surface area contributed by atoms with Gasteiger partial charge in [0.25, 0.3) is 0 Å². The van der Waals surface area contributed by atoms with Gasteiger partial charge >= 0.3 is 0 Å². The van der Waals surface area contributed by atoms with Gasteiger partial charge in [0.1, 0.15) is 0 Å². The van der Waals surface area contributed by atoms with E-state index < -0.39 is 0 Å². The van der Waals surface area contributed by atoms with Crippen LogP contribution >= 0.6 is 11.6 Å². The summed E-state index contributed by atoms with van der Waals surface area (Å²) in [5.74, 6) is 0.758. The third-order valence-corrected chi connectivity index (χ3v) is 3.20. The van der Waals surface area contributed by atoms with E-state index in [9.17, 15) is 0 Å². The number of benzene rings is 1.